The number of carbonyl (C=O) groups excluding carboxylic acids is 1. The van der Waals surface area contributed by atoms with Crippen LogP contribution in [-0.4, -0.2) is 26.1 Å². The van der Waals surface area contributed by atoms with Gasteiger partial charge in [-0.25, -0.2) is 0 Å². The molecular weight excluding hydrogens is 204 g/mol. The van der Waals surface area contributed by atoms with Crippen LogP contribution in [0, 0.1) is 6.92 Å². The van der Waals surface area contributed by atoms with Gasteiger partial charge in [0.05, 0.1) is 12.2 Å². The number of ketones is 1. The minimum atomic E-state index is 0.0294. The molecule has 0 bridgehead atoms. The van der Waals surface area contributed by atoms with Gasteiger partial charge in [-0.05, 0) is 31.5 Å². The van der Waals surface area contributed by atoms with Crippen molar-refractivity contribution in [2.45, 2.75) is 20.3 Å². The third-order valence-electron chi connectivity index (χ3n) is 2.27. The van der Waals surface area contributed by atoms with Gasteiger partial charge in [0.1, 0.15) is 5.75 Å². The van der Waals surface area contributed by atoms with E-state index in [9.17, 15) is 4.79 Å². The lowest BCUT2D eigenvalue weighted by molar-refractivity contribution is 0.101. The summed E-state index contributed by atoms with van der Waals surface area (Å²) in [6.07, 6.45) is 0.821. The molecule has 0 unspecified atom stereocenters. The van der Waals surface area contributed by atoms with Gasteiger partial charge in [-0.1, -0.05) is 6.07 Å². The van der Waals surface area contributed by atoms with Gasteiger partial charge in [-0.3, -0.25) is 4.79 Å². The summed E-state index contributed by atoms with van der Waals surface area (Å²) in [7, 11) is 1.66. The van der Waals surface area contributed by atoms with Crippen LogP contribution < -0.4 is 4.74 Å². The van der Waals surface area contributed by atoms with E-state index in [2.05, 4.69) is 0 Å². The Bertz CT molecular complexity index is 358. The highest BCUT2D eigenvalue weighted by Crippen LogP contribution is 2.20. The van der Waals surface area contributed by atoms with Crippen molar-refractivity contribution in [2.75, 3.05) is 20.3 Å². The normalized spacial score (nSPS) is 10.2. The van der Waals surface area contributed by atoms with Gasteiger partial charge in [0, 0.05) is 20.1 Å². The number of hydrogen-bond donors (Lipinski definition) is 0. The zero-order valence-corrected chi connectivity index (χ0v) is 10.1. The van der Waals surface area contributed by atoms with Crippen LogP contribution in [-0.2, 0) is 4.74 Å². The Morgan fingerprint density at radius 1 is 1.31 bits per heavy atom. The van der Waals surface area contributed by atoms with E-state index in [0.717, 1.165) is 12.0 Å². The molecular formula is C13H18O3. The van der Waals surface area contributed by atoms with Crippen molar-refractivity contribution < 1.29 is 14.3 Å². The Kier molecular flexibility index (Phi) is 4.99. The SMILES string of the molecule is COCCCOc1cc(C)ccc1C(C)=O. The third kappa shape index (κ3) is 3.66. The van der Waals surface area contributed by atoms with E-state index in [-0.39, 0.29) is 5.78 Å². The summed E-state index contributed by atoms with van der Waals surface area (Å²) in [5.41, 5.74) is 1.73. The van der Waals surface area contributed by atoms with Gasteiger partial charge in [-0.15, -0.1) is 0 Å². The van der Waals surface area contributed by atoms with E-state index in [1.54, 1.807) is 14.0 Å². The molecule has 0 saturated carbocycles. The fourth-order valence-corrected chi connectivity index (χ4v) is 1.43. The first-order chi connectivity index (χ1) is 7.65. The maximum absolute atomic E-state index is 11.4. The second-order valence-electron chi connectivity index (χ2n) is 3.75. The monoisotopic (exact) mass is 222 g/mol. The molecule has 0 spiro atoms. The minimum absolute atomic E-state index is 0.0294. The molecule has 0 aromatic heterocycles. The summed E-state index contributed by atoms with van der Waals surface area (Å²) < 4.78 is 10.5. The highest BCUT2D eigenvalue weighted by Gasteiger charge is 2.08. The Hall–Kier alpha value is -1.35. The molecule has 88 valence electrons. The van der Waals surface area contributed by atoms with E-state index in [4.69, 9.17) is 9.47 Å². The maximum atomic E-state index is 11.4. The molecule has 16 heavy (non-hydrogen) atoms. The van der Waals surface area contributed by atoms with Crippen LogP contribution in [0.4, 0.5) is 0 Å². The van der Waals surface area contributed by atoms with E-state index < -0.39 is 0 Å². The smallest absolute Gasteiger partial charge is 0.163 e. The fraction of sp³-hybridized carbons (Fsp3) is 0.462. The molecule has 0 radical (unpaired) electrons. The van der Waals surface area contributed by atoms with Crippen LogP contribution in [0.2, 0.25) is 0 Å². The van der Waals surface area contributed by atoms with Gasteiger partial charge in [0.25, 0.3) is 0 Å². The molecule has 3 heteroatoms. The first kappa shape index (κ1) is 12.7. The number of hydrogen-bond acceptors (Lipinski definition) is 3. The number of benzene rings is 1. The lowest BCUT2D eigenvalue weighted by atomic mass is 10.1. The Labute approximate surface area is 96.4 Å². The summed E-state index contributed by atoms with van der Waals surface area (Å²) in [5, 5.41) is 0. The number of ether oxygens (including phenoxy) is 2. The first-order valence-electron chi connectivity index (χ1n) is 5.38. The second kappa shape index (κ2) is 6.28. The van der Waals surface area contributed by atoms with E-state index in [1.165, 1.54) is 0 Å². The summed E-state index contributed by atoms with van der Waals surface area (Å²) in [4.78, 5) is 11.4. The average molecular weight is 222 g/mol. The van der Waals surface area contributed by atoms with Crippen molar-refractivity contribution in [3.05, 3.63) is 29.3 Å². The molecule has 1 aromatic carbocycles. The molecule has 0 saturated heterocycles. The molecule has 1 rings (SSSR count). The zero-order valence-electron chi connectivity index (χ0n) is 10.1. The summed E-state index contributed by atoms with van der Waals surface area (Å²) in [6.45, 7) is 4.76. The average Bonchev–Trinajstić information content (AvgIpc) is 2.24. The molecule has 0 N–H and O–H groups in total. The van der Waals surface area contributed by atoms with Crippen molar-refractivity contribution >= 4 is 5.78 Å². The summed E-state index contributed by atoms with van der Waals surface area (Å²) >= 11 is 0. The van der Waals surface area contributed by atoms with Gasteiger partial charge in [0.15, 0.2) is 5.78 Å². The molecule has 0 aliphatic carbocycles. The van der Waals surface area contributed by atoms with Crippen LogP contribution in [0.1, 0.15) is 29.3 Å². The highest BCUT2D eigenvalue weighted by atomic mass is 16.5. The molecule has 0 atom stereocenters. The standard InChI is InChI=1S/C13H18O3/c1-10-5-6-12(11(2)14)13(9-10)16-8-4-7-15-3/h5-6,9H,4,7-8H2,1-3H3. The van der Waals surface area contributed by atoms with Gasteiger partial charge in [-0.2, -0.15) is 0 Å². The van der Waals surface area contributed by atoms with Crippen molar-refractivity contribution in [2.24, 2.45) is 0 Å². The van der Waals surface area contributed by atoms with Crippen LogP contribution in [0.15, 0.2) is 18.2 Å². The quantitative estimate of drug-likeness (QED) is 0.548. The highest BCUT2D eigenvalue weighted by molar-refractivity contribution is 5.96. The Morgan fingerprint density at radius 2 is 2.06 bits per heavy atom. The predicted molar refractivity (Wildman–Crippen MR) is 63.2 cm³/mol. The van der Waals surface area contributed by atoms with Gasteiger partial charge in [0.2, 0.25) is 0 Å². The predicted octanol–water partition coefficient (Wildman–Crippen LogP) is 2.61. The second-order valence-corrected chi connectivity index (χ2v) is 3.75. The minimum Gasteiger partial charge on any atom is -0.493 e. The molecule has 0 heterocycles. The van der Waals surface area contributed by atoms with Crippen molar-refractivity contribution in [1.29, 1.82) is 0 Å². The molecule has 0 fully saturated rings. The number of methoxy groups -OCH3 is 1. The third-order valence-corrected chi connectivity index (χ3v) is 2.27. The van der Waals surface area contributed by atoms with Gasteiger partial charge < -0.3 is 9.47 Å². The maximum Gasteiger partial charge on any atom is 0.163 e. The summed E-state index contributed by atoms with van der Waals surface area (Å²) in [5.74, 6) is 0.699. The first-order valence-corrected chi connectivity index (χ1v) is 5.38. The van der Waals surface area contributed by atoms with Crippen molar-refractivity contribution in [1.82, 2.24) is 0 Å². The van der Waals surface area contributed by atoms with Crippen LogP contribution in [0.5, 0.6) is 5.75 Å². The summed E-state index contributed by atoms with van der Waals surface area (Å²) in [6, 6.07) is 5.62. The van der Waals surface area contributed by atoms with Crippen molar-refractivity contribution in [3.63, 3.8) is 0 Å². The van der Waals surface area contributed by atoms with Crippen LogP contribution >= 0.6 is 0 Å². The largest absolute Gasteiger partial charge is 0.493 e. The van der Waals surface area contributed by atoms with E-state index >= 15 is 0 Å². The lowest BCUT2D eigenvalue weighted by Gasteiger charge is -2.10. The lowest BCUT2D eigenvalue weighted by Crippen LogP contribution is -2.05. The topological polar surface area (TPSA) is 35.5 Å². The number of Topliss-reactive ketones (excluding diaryl/α,β-unsaturated/α-hetero) is 1. The zero-order chi connectivity index (χ0) is 12.0. The number of aryl methyl sites for hydroxylation is 1. The Morgan fingerprint density at radius 3 is 2.69 bits per heavy atom. The Balaban J connectivity index is 2.68. The molecule has 1 aromatic rings. The number of carbonyl (C=O) groups is 1. The molecule has 0 aliphatic heterocycles. The molecule has 0 aliphatic rings. The molecule has 3 nitrogen and oxygen atoms in total. The van der Waals surface area contributed by atoms with E-state index in [0.29, 0.717) is 24.5 Å². The van der Waals surface area contributed by atoms with E-state index in [1.807, 2.05) is 25.1 Å². The van der Waals surface area contributed by atoms with Crippen LogP contribution in [0.25, 0.3) is 0 Å². The van der Waals surface area contributed by atoms with Crippen LogP contribution in [0.3, 0.4) is 0 Å². The fourth-order valence-electron chi connectivity index (χ4n) is 1.43. The van der Waals surface area contributed by atoms with Crippen molar-refractivity contribution in [3.8, 4) is 5.75 Å². The number of rotatable bonds is 6. The molecule has 0 amide bonds. The van der Waals surface area contributed by atoms with Gasteiger partial charge >= 0.3 is 0 Å².